The maximum absolute atomic E-state index is 5.71. The van der Waals surface area contributed by atoms with E-state index in [9.17, 15) is 0 Å². The van der Waals surface area contributed by atoms with Gasteiger partial charge in [0.2, 0.25) is 0 Å². The normalized spacial score (nSPS) is 18.4. The van der Waals surface area contributed by atoms with Gasteiger partial charge in [-0.2, -0.15) is 0 Å². The van der Waals surface area contributed by atoms with Crippen LogP contribution < -0.4 is 0 Å². The van der Waals surface area contributed by atoms with Gasteiger partial charge in [0, 0.05) is 0 Å². The molecule has 0 saturated heterocycles. The molecule has 0 N–H and O–H groups in total. The van der Waals surface area contributed by atoms with Crippen molar-refractivity contribution in [3.63, 3.8) is 0 Å². The van der Waals surface area contributed by atoms with Crippen molar-refractivity contribution in [3.8, 4) is 0 Å². The smallest absolute Gasteiger partial charge is 0.136 e. The minimum absolute atomic E-state index is 0.220. The van der Waals surface area contributed by atoms with E-state index < -0.39 is 0 Å². The van der Waals surface area contributed by atoms with Gasteiger partial charge in [0.1, 0.15) is 12.4 Å². The Balaban J connectivity index is 1.95. The van der Waals surface area contributed by atoms with E-state index in [1.807, 2.05) is 12.1 Å². The van der Waals surface area contributed by atoms with Crippen LogP contribution in [-0.2, 0) is 11.3 Å². The monoisotopic (exact) mass is 250 g/mol. The zero-order valence-corrected chi connectivity index (χ0v) is 10.5. The minimum Gasteiger partial charge on any atom is -0.371 e. The molecule has 3 aromatic rings. The molecule has 3 nitrogen and oxygen atoms in total. The predicted molar refractivity (Wildman–Crippen MR) is 74.0 cm³/mol. The van der Waals surface area contributed by atoms with E-state index in [1.54, 1.807) is 0 Å². The molecule has 94 valence electrons. The van der Waals surface area contributed by atoms with E-state index in [0.29, 0.717) is 13.2 Å². The molecular weight excluding hydrogens is 236 g/mol. The molecule has 0 spiro atoms. The van der Waals surface area contributed by atoms with Crippen LogP contribution in [0.25, 0.3) is 11.0 Å². The fourth-order valence-corrected chi connectivity index (χ4v) is 2.80. The number of nitrogens with zero attached hydrogens (tertiary/aromatic N) is 2. The summed E-state index contributed by atoms with van der Waals surface area (Å²) in [4.78, 5) is 4.67. The van der Waals surface area contributed by atoms with Crippen LogP contribution >= 0.6 is 0 Å². The Hall–Kier alpha value is -2.13. The van der Waals surface area contributed by atoms with Crippen molar-refractivity contribution in [2.45, 2.75) is 12.6 Å². The first-order chi connectivity index (χ1) is 9.43. The van der Waals surface area contributed by atoms with Gasteiger partial charge in [-0.15, -0.1) is 0 Å². The van der Waals surface area contributed by atoms with Crippen molar-refractivity contribution in [1.29, 1.82) is 0 Å². The van der Waals surface area contributed by atoms with Crippen molar-refractivity contribution in [1.82, 2.24) is 9.55 Å². The number of imidazole rings is 1. The second-order valence-electron chi connectivity index (χ2n) is 4.83. The number of ether oxygens (including phenoxy) is 1. The van der Waals surface area contributed by atoms with E-state index in [1.165, 1.54) is 11.1 Å². The van der Waals surface area contributed by atoms with Gasteiger partial charge >= 0.3 is 0 Å². The first-order valence-corrected chi connectivity index (χ1v) is 6.52. The van der Waals surface area contributed by atoms with Gasteiger partial charge in [-0.05, 0) is 17.7 Å². The summed E-state index contributed by atoms with van der Waals surface area (Å²) in [6.07, 6.45) is 0. The quantitative estimate of drug-likeness (QED) is 0.663. The number of fused-ring (bicyclic) bond motifs is 3. The highest BCUT2D eigenvalue weighted by Crippen LogP contribution is 2.30. The lowest BCUT2D eigenvalue weighted by Gasteiger charge is -2.26. The van der Waals surface area contributed by atoms with E-state index in [4.69, 9.17) is 4.74 Å². The summed E-state index contributed by atoms with van der Waals surface area (Å²) in [5.41, 5.74) is 3.50. The lowest BCUT2D eigenvalue weighted by molar-refractivity contribution is 0.0679. The molecule has 0 fully saturated rings. The largest absolute Gasteiger partial charge is 0.371 e. The third kappa shape index (κ3) is 1.66. The molecule has 1 aliphatic heterocycles. The summed E-state index contributed by atoms with van der Waals surface area (Å²) in [5.74, 6) is 1.02. The number of hydrogen-bond acceptors (Lipinski definition) is 2. The third-order valence-corrected chi connectivity index (χ3v) is 3.67. The summed E-state index contributed by atoms with van der Waals surface area (Å²) in [6, 6.07) is 19.0. The molecule has 0 bridgehead atoms. The Morgan fingerprint density at radius 1 is 1.00 bits per heavy atom. The Bertz CT molecular complexity index is 718. The van der Waals surface area contributed by atoms with Crippen LogP contribution in [0.5, 0.6) is 0 Å². The molecule has 0 aliphatic carbocycles. The summed E-state index contributed by atoms with van der Waals surface area (Å²) < 4.78 is 8.02. The maximum atomic E-state index is 5.71. The van der Waals surface area contributed by atoms with Gasteiger partial charge in [0.25, 0.3) is 0 Å². The average molecular weight is 250 g/mol. The van der Waals surface area contributed by atoms with Crippen molar-refractivity contribution < 1.29 is 4.74 Å². The molecule has 19 heavy (non-hydrogen) atoms. The first kappa shape index (κ1) is 10.8. The molecule has 1 aliphatic rings. The summed E-state index contributed by atoms with van der Waals surface area (Å²) in [7, 11) is 0. The van der Waals surface area contributed by atoms with Gasteiger partial charge in [-0.25, -0.2) is 4.98 Å². The number of aromatic nitrogens is 2. The van der Waals surface area contributed by atoms with Crippen LogP contribution in [-0.4, -0.2) is 16.2 Å². The molecule has 0 radical (unpaired) electrons. The Labute approximate surface area is 111 Å². The maximum Gasteiger partial charge on any atom is 0.136 e. The van der Waals surface area contributed by atoms with Gasteiger partial charge in [0.15, 0.2) is 0 Å². The molecule has 2 aromatic carbocycles. The molecule has 2 heterocycles. The zero-order valence-electron chi connectivity index (χ0n) is 10.5. The Morgan fingerprint density at radius 3 is 2.68 bits per heavy atom. The standard InChI is InChI=1S/C16H14N2O/c1-2-6-12(7-3-1)15-10-19-11-16-17-13-8-4-5-9-14(13)18(15)16/h1-9,15H,10-11H2. The van der Waals surface area contributed by atoms with Crippen LogP contribution in [0.2, 0.25) is 0 Å². The topological polar surface area (TPSA) is 27.1 Å². The van der Waals surface area contributed by atoms with Crippen LogP contribution in [0.1, 0.15) is 17.4 Å². The second-order valence-corrected chi connectivity index (χ2v) is 4.83. The highest BCUT2D eigenvalue weighted by molar-refractivity contribution is 5.76. The van der Waals surface area contributed by atoms with Crippen molar-refractivity contribution in [2.75, 3.05) is 6.61 Å². The van der Waals surface area contributed by atoms with Gasteiger partial charge in [-0.3, -0.25) is 0 Å². The molecule has 1 unspecified atom stereocenters. The number of rotatable bonds is 1. The first-order valence-electron chi connectivity index (χ1n) is 6.52. The fourth-order valence-electron chi connectivity index (χ4n) is 2.80. The summed E-state index contributed by atoms with van der Waals surface area (Å²) >= 11 is 0. The number of benzene rings is 2. The molecule has 3 heteroatoms. The van der Waals surface area contributed by atoms with Crippen LogP contribution in [0.3, 0.4) is 0 Å². The van der Waals surface area contributed by atoms with Gasteiger partial charge < -0.3 is 9.30 Å². The zero-order chi connectivity index (χ0) is 12.7. The Morgan fingerprint density at radius 2 is 1.79 bits per heavy atom. The molecule has 1 aromatic heterocycles. The fraction of sp³-hybridized carbons (Fsp3) is 0.188. The highest BCUT2D eigenvalue weighted by atomic mass is 16.5. The molecular formula is C16H14N2O. The molecule has 1 atom stereocenters. The van der Waals surface area contributed by atoms with E-state index in [-0.39, 0.29) is 6.04 Å². The van der Waals surface area contributed by atoms with Crippen molar-refractivity contribution in [3.05, 3.63) is 66.0 Å². The number of para-hydroxylation sites is 2. The lowest BCUT2D eigenvalue weighted by Crippen LogP contribution is -2.24. The van der Waals surface area contributed by atoms with E-state index >= 15 is 0 Å². The minimum atomic E-state index is 0.220. The van der Waals surface area contributed by atoms with Crippen molar-refractivity contribution >= 4 is 11.0 Å². The number of hydrogen-bond donors (Lipinski definition) is 0. The van der Waals surface area contributed by atoms with Crippen LogP contribution in [0, 0.1) is 0 Å². The van der Waals surface area contributed by atoms with Gasteiger partial charge in [0.05, 0.1) is 23.7 Å². The Kier molecular flexibility index (Phi) is 2.38. The van der Waals surface area contributed by atoms with Gasteiger partial charge in [-0.1, -0.05) is 42.5 Å². The predicted octanol–water partition coefficient (Wildman–Crippen LogP) is 3.16. The summed E-state index contributed by atoms with van der Waals surface area (Å²) in [5, 5.41) is 0. The molecule has 4 rings (SSSR count). The van der Waals surface area contributed by atoms with E-state index in [2.05, 4.69) is 52.0 Å². The van der Waals surface area contributed by atoms with Crippen LogP contribution in [0.15, 0.2) is 54.6 Å². The summed E-state index contributed by atoms with van der Waals surface area (Å²) in [6.45, 7) is 1.30. The highest BCUT2D eigenvalue weighted by Gasteiger charge is 2.24. The molecule has 0 amide bonds. The SMILES string of the molecule is c1ccc(C2COCc3nc4ccccc4n32)cc1. The molecule has 0 saturated carbocycles. The van der Waals surface area contributed by atoms with Crippen molar-refractivity contribution in [2.24, 2.45) is 0 Å². The van der Waals surface area contributed by atoms with Crippen LogP contribution in [0.4, 0.5) is 0 Å². The second kappa shape index (κ2) is 4.21. The van der Waals surface area contributed by atoms with E-state index in [0.717, 1.165) is 11.3 Å². The average Bonchev–Trinajstić information content (AvgIpc) is 2.86. The third-order valence-electron chi connectivity index (χ3n) is 3.67. The lowest BCUT2D eigenvalue weighted by atomic mass is 10.1.